The highest BCUT2D eigenvalue weighted by atomic mass is 19.4. The number of halogens is 3. The number of rotatable bonds is 2. The monoisotopic (exact) mass is 294 g/mol. The van der Waals surface area contributed by atoms with Crippen LogP contribution < -0.4 is 15.8 Å². The second-order valence-corrected chi connectivity index (χ2v) is 4.85. The molecule has 1 unspecified atom stereocenters. The predicted molar refractivity (Wildman–Crippen MR) is 74.2 cm³/mol. The molecule has 2 aromatic carbocycles. The maximum absolute atomic E-state index is 12.8. The van der Waals surface area contributed by atoms with Crippen molar-refractivity contribution < 1.29 is 17.9 Å². The molecule has 21 heavy (non-hydrogen) atoms. The molecule has 0 fully saturated rings. The van der Waals surface area contributed by atoms with Crippen LogP contribution in [-0.2, 0) is 6.18 Å². The largest absolute Gasteiger partial charge is 0.491 e. The van der Waals surface area contributed by atoms with Crippen LogP contribution >= 0.6 is 0 Å². The lowest BCUT2D eigenvalue weighted by molar-refractivity contribution is -0.136. The molecule has 1 heterocycles. The quantitative estimate of drug-likeness (QED) is 0.827. The Kier molecular flexibility index (Phi) is 3.16. The van der Waals surface area contributed by atoms with Crippen molar-refractivity contribution in [1.29, 1.82) is 0 Å². The summed E-state index contributed by atoms with van der Waals surface area (Å²) in [6.07, 6.45) is -4.47. The molecule has 0 amide bonds. The molecule has 0 spiro atoms. The number of para-hydroxylation sites is 1. The first-order valence-corrected chi connectivity index (χ1v) is 6.40. The second kappa shape index (κ2) is 4.87. The van der Waals surface area contributed by atoms with Crippen molar-refractivity contribution in [3.05, 3.63) is 53.6 Å². The zero-order valence-corrected chi connectivity index (χ0v) is 10.9. The lowest BCUT2D eigenvalue weighted by Gasteiger charge is -2.16. The highest BCUT2D eigenvalue weighted by Crippen LogP contribution is 2.38. The van der Waals surface area contributed by atoms with Gasteiger partial charge >= 0.3 is 6.18 Å². The molecule has 0 saturated heterocycles. The smallest absolute Gasteiger partial charge is 0.418 e. The molecule has 0 bridgehead atoms. The summed E-state index contributed by atoms with van der Waals surface area (Å²) in [5.41, 5.74) is 5.57. The molecular formula is C15H13F3N2O. The normalized spacial score (nSPS) is 17.2. The Morgan fingerprint density at radius 2 is 1.90 bits per heavy atom. The van der Waals surface area contributed by atoms with Crippen LogP contribution in [0.15, 0.2) is 42.5 Å². The fourth-order valence-electron chi connectivity index (χ4n) is 2.37. The van der Waals surface area contributed by atoms with Gasteiger partial charge < -0.3 is 15.8 Å². The van der Waals surface area contributed by atoms with E-state index < -0.39 is 11.7 Å². The van der Waals surface area contributed by atoms with E-state index in [0.717, 1.165) is 17.4 Å². The summed E-state index contributed by atoms with van der Waals surface area (Å²) in [6.45, 7) is 0.380. The number of nitrogens with one attached hydrogen (secondary N) is 1. The number of nitrogen functional groups attached to an aromatic ring is 1. The van der Waals surface area contributed by atoms with Crippen LogP contribution in [0.2, 0.25) is 0 Å². The van der Waals surface area contributed by atoms with E-state index >= 15 is 0 Å². The number of anilines is 2. The first-order chi connectivity index (χ1) is 9.95. The summed E-state index contributed by atoms with van der Waals surface area (Å²) >= 11 is 0. The van der Waals surface area contributed by atoms with Gasteiger partial charge in [-0.2, -0.15) is 13.2 Å². The van der Waals surface area contributed by atoms with Crippen molar-refractivity contribution in [3.63, 3.8) is 0 Å². The Morgan fingerprint density at radius 1 is 1.14 bits per heavy atom. The summed E-state index contributed by atoms with van der Waals surface area (Å²) in [5.74, 6) is 0.751. The van der Waals surface area contributed by atoms with E-state index in [1.54, 1.807) is 0 Å². The van der Waals surface area contributed by atoms with E-state index in [9.17, 15) is 13.2 Å². The van der Waals surface area contributed by atoms with Crippen LogP contribution in [0.5, 0.6) is 5.75 Å². The van der Waals surface area contributed by atoms with Gasteiger partial charge in [0, 0.05) is 16.9 Å². The van der Waals surface area contributed by atoms with Crippen LogP contribution in [0.1, 0.15) is 17.2 Å². The second-order valence-electron chi connectivity index (χ2n) is 4.85. The number of nitrogens with two attached hydrogens (primary N) is 1. The first kappa shape index (κ1) is 13.6. The number of alkyl halides is 3. The zero-order valence-electron chi connectivity index (χ0n) is 10.9. The lowest BCUT2D eigenvalue weighted by Crippen LogP contribution is -2.14. The standard InChI is InChI=1S/C15H13F3N2O/c16-15(17,18)11-7-9(5-6-12(11)19)20-13-8-21-14-4-2-1-3-10(13)14/h1-7,13,20H,8,19H2. The van der Waals surface area contributed by atoms with E-state index in [1.807, 2.05) is 24.3 Å². The Labute approximate surface area is 119 Å². The molecule has 6 heteroatoms. The SMILES string of the molecule is Nc1ccc(NC2COc3ccccc32)cc1C(F)(F)F. The number of fused-ring (bicyclic) bond motifs is 1. The summed E-state index contributed by atoms with van der Waals surface area (Å²) in [4.78, 5) is 0. The van der Waals surface area contributed by atoms with Gasteiger partial charge in [-0.05, 0) is 24.3 Å². The Bertz CT molecular complexity index is 670. The third kappa shape index (κ3) is 2.61. The predicted octanol–water partition coefficient (Wildman–Crippen LogP) is 3.83. The minimum Gasteiger partial charge on any atom is -0.491 e. The third-order valence-electron chi connectivity index (χ3n) is 3.40. The van der Waals surface area contributed by atoms with E-state index in [4.69, 9.17) is 10.5 Å². The summed E-state index contributed by atoms with van der Waals surface area (Å²) in [6, 6.07) is 11.1. The Balaban J connectivity index is 1.87. The molecule has 3 rings (SSSR count). The van der Waals surface area contributed by atoms with Gasteiger partial charge in [0.05, 0.1) is 11.6 Å². The van der Waals surface area contributed by atoms with Gasteiger partial charge in [0.15, 0.2) is 0 Å². The van der Waals surface area contributed by atoms with Crippen molar-refractivity contribution in [2.75, 3.05) is 17.7 Å². The molecule has 2 aromatic rings. The fourth-order valence-corrected chi connectivity index (χ4v) is 2.37. The number of benzene rings is 2. The van der Waals surface area contributed by atoms with Crippen molar-refractivity contribution in [3.8, 4) is 5.75 Å². The number of ether oxygens (including phenoxy) is 1. The maximum atomic E-state index is 12.8. The van der Waals surface area contributed by atoms with Crippen molar-refractivity contribution >= 4 is 11.4 Å². The molecule has 1 aliphatic heterocycles. The van der Waals surface area contributed by atoms with Crippen LogP contribution in [0.3, 0.4) is 0 Å². The van der Waals surface area contributed by atoms with Gasteiger partial charge in [-0.1, -0.05) is 18.2 Å². The van der Waals surface area contributed by atoms with E-state index in [-0.39, 0.29) is 11.7 Å². The molecule has 0 aliphatic carbocycles. The van der Waals surface area contributed by atoms with E-state index in [1.165, 1.54) is 12.1 Å². The minimum atomic E-state index is -4.47. The number of hydrogen-bond donors (Lipinski definition) is 2. The van der Waals surface area contributed by atoms with E-state index in [0.29, 0.717) is 12.3 Å². The fraction of sp³-hybridized carbons (Fsp3) is 0.200. The van der Waals surface area contributed by atoms with Crippen molar-refractivity contribution in [2.45, 2.75) is 12.2 Å². The highest BCUT2D eigenvalue weighted by molar-refractivity contribution is 5.59. The lowest BCUT2D eigenvalue weighted by atomic mass is 10.1. The molecule has 0 aromatic heterocycles. The number of hydrogen-bond acceptors (Lipinski definition) is 3. The van der Waals surface area contributed by atoms with Gasteiger partial charge in [0.1, 0.15) is 12.4 Å². The molecule has 3 N–H and O–H groups in total. The molecular weight excluding hydrogens is 281 g/mol. The minimum absolute atomic E-state index is 0.175. The summed E-state index contributed by atoms with van der Waals surface area (Å²) in [7, 11) is 0. The Hall–Kier alpha value is -2.37. The zero-order chi connectivity index (χ0) is 15.0. The van der Waals surface area contributed by atoms with Gasteiger partial charge in [-0.15, -0.1) is 0 Å². The molecule has 0 radical (unpaired) electrons. The van der Waals surface area contributed by atoms with Crippen LogP contribution in [0.25, 0.3) is 0 Å². The molecule has 3 nitrogen and oxygen atoms in total. The van der Waals surface area contributed by atoms with Crippen LogP contribution in [-0.4, -0.2) is 6.61 Å². The van der Waals surface area contributed by atoms with Crippen molar-refractivity contribution in [1.82, 2.24) is 0 Å². The maximum Gasteiger partial charge on any atom is 0.418 e. The summed E-state index contributed by atoms with van der Waals surface area (Å²) < 4.78 is 44.0. The Morgan fingerprint density at radius 3 is 2.67 bits per heavy atom. The average Bonchev–Trinajstić information content (AvgIpc) is 2.83. The third-order valence-corrected chi connectivity index (χ3v) is 3.40. The topological polar surface area (TPSA) is 47.3 Å². The van der Waals surface area contributed by atoms with E-state index in [2.05, 4.69) is 5.32 Å². The van der Waals surface area contributed by atoms with Crippen LogP contribution in [0.4, 0.5) is 24.5 Å². The van der Waals surface area contributed by atoms with Gasteiger partial charge in [0.2, 0.25) is 0 Å². The van der Waals surface area contributed by atoms with Crippen molar-refractivity contribution in [2.24, 2.45) is 0 Å². The molecule has 0 saturated carbocycles. The summed E-state index contributed by atoms with van der Waals surface area (Å²) in [5, 5.41) is 3.06. The first-order valence-electron chi connectivity index (χ1n) is 6.40. The van der Waals surface area contributed by atoms with Crippen LogP contribution in [0, 0.1) is 0 Å². The molecule has 110 valence electrons. The van der Waals surface area contributed by atoms with Gasteiger partial charge in [-0.3, -0.25) is 0 Å². The highest BCUT2D eigenvalue weighted by Gasteiger charge is 2.33. The molecule has 1 atom stereocenters. The van der Waals surface area contributed by atoms with Gasteiger partial charge in [-0.25, -0.2) is 0 Å². The van der Waals surface area contributed by atoms with Gasteiger partial charge in [0.25, 0.3) is 0 Å². The molecule has 1 aliphatic rings. The average molecular weight is 294 g/mol.